The number of rotatable bonds is 9. The number of unbranched alkanes of at least 4 members (excludes halogenated alkanes) is 2. The van der Waals surface area contributed by atoms with E-state index in [0.29, 0.717) is 0 Å². The Bertz CT molecular complexity index is 586. The predicted octanol–water partition coefficient (Wildman–Crippen LogP) is 4.02. The number of aryl methyl sites for hydroxylation is 1. The van der Waals surface area contributed by atoms with Gasteiger partial charge in [-0.2, -0.15) is 5.10 Å². The molecule has 0 aliphatic carbocycles. The molecule has 4 heteroatoms. The molecule has 0 amide bonds. The van der Waals surface area contributed by atoms with Crippen molar-refractivity contribution in [2.24, 2.45) is 5.92 Å². The summed E-state index contributed by atoms with van der Waals surface area (Å²) in [5.41, 5.74) is 1.44. The summed E-state index contributed by atoms with van der Waals surface area (Å²) in [6.45, 7) is 4.84. The molecule has 0 N–H and O–H groups in total. The highest BCUT2D eigenvalue weighted by molar-refractivity contribution is 5.27. The van der Waals surface area contributed by atoms with E-state index in [0.717, 1.165) is 18.2 Å². The number of hydrogen-bond donors (Lipinski definition) is 0. The summed E-state index contributed by atoms with van der Waals surface area (Å²) in [5, 5.41) is 4.26. The lowest BCUT2D eigenvalue weighted by molar-refractivity contribution is 0.180. The summed E-state index contributed by atoms with van der Waals surface area (Å²) >= 11 is 0. The summed E-state index contributed by atoms with van der Waals surface area (Å²) in [5.74, 6) is 1.79. The Morgan fingerprint density at radius 1 is 1.04 bits per heavy atom. The van der Waals surface area contributed by atoms with Crippen molar-refractivity contribution in [3.8, 4) is 5.75 Å². The van der Waals surface area contributed by atoms with Crippen LogP contribution < -0.4 is 4.74 Å². The van der Waals surface area contributed by atoms with E-state index in [4.69, 9.17) is 4.74 Å². The van der Waals surface area contributed by atoms with Crippen molar-refractivity contribution in [3.05, 3.63) is 48.3 Å². The van der Waals surface area contributed by atoms with Crippen LogP contribution in [-0.2, 0) is 13.0 Å². The number of piperidine rings is 1. The van der Waals surface area contributed by atoms with E-state index in [1.807, 2.05) is 23.1 Å². The number of hydrogen-bond acceptors (Lipinski definition) is 3. The number of ether oxygens (including phenoxy) is 1. The third-order valence-corrected chi connectivity index (χ3v) is 5.31. The molecule has 0 atom stereocenters. The Morgan fingerprint density at radius 2 is 1.80 bits per heavy atom. The second kappa shape index (κ2) is 9.62. The monoisotopic (exact) mass is 341 g/mol. The molecule has 0 saturated carbocycles. The van der Waals surface area contributed by atoms with Gasteiger partial charge in [-0.15, -0.1) is 0 Å². The predicted molar refractivity (Wildman–Crippen MR) is 102 cm³/mol. The summed E-state index contributed by atoms with van der Waals surface area (Å²) < 4.78 is 7.27. The fraction of sp³-hybridized carbons (Fsp3) is 0.571. The van der Waals surface area contributed by atoms with Gasteiger partial charge in [-0.3, -0.25) is 4.68 Å². The van der Waals surface area contributed by atoms with Crippen LogP contribution in [0, 0.1) is 5.92 Å². The maximum absolute atomic E-state index is 5.24. The standard InChI is InChI=1S/C21H31N3O/c1-25-21-8-6-19(7-9-21)18-20-10-16-23(17-11-20)13-3-2-4-14-24-15-5-12-22-24/h5-9,12,15,20H,2-4,10-11,13-14,16-18H2,1H3. The van der Waals surface area contributed by atoms with Crippen LogP contribution in [0.25, 0.3) is 0 Å². The van der Waals surface area contributed by atoms with Crippen molar-refractivity contribution >= 4 is 0 Å². The third-order valence-electron chi connectivity index (χ3n) is 5.31. The molecule has 0 bridgehead atoms. The quantitative estimate of drug-likeness (QED) is 0.646. The van der Waals surface area contributed by atoms with Crippen LogP contribution in [0.15, 0.2) is 42.7 Å². The Labute approximate surface area is 151 Å². The van der Waals surface area contributed by atoms with E-state index in [1.54, 1.807) is 7.11 Å². The van der Waals surface area contributed by atoms with Crippen LogP contribution >= 0.6 is 0 Å². The molecule has 1 aromatic carbocycles. The van der Waals surface area contributed by atoms with Crippen molar-refractivity contribution in [2.45, 2.75) is 45.1 Å². The molecule has 25 heavy (non-hydrogen) atoms. The average Bonchev–Trinajstić information content (AvgIpc) is 3.17. The SMILES string of the molecule is COc1ccc(CC2CCN(CCCCCn3cccn3)CC2)cc1. The van der Waals surface area contributed by atoms with Gasteiger partial charge in [-0.1, -0.05) is 18.6 Å². The van der Waals surface area contributed by atoms with Gasteiger partial charge in [0.25, 0.3) is 0 Å². The second-order valence-electron chi connectivity index (χ2n) is 7.17. The molecule has 2 heterocycles. The summed E-state index contributed by atoms with van der Waals surface area (Å²) in [6, 6.07) is 10.6. The molecule has 0 radical (unpaired) electrons. The molecule has 1 aromatic heterocycles. The molecular formula is C21H31N3O. The van der Waals surface area contributed by atoms with Gasteiger partial charge in [-0.05, 0) is 81.4 Å². The Balaban J connectivity index is 1.27. The Morgan fingerprint density at radius 3 is 2.48 bits per heavy atom. The molecule has 3 rings (SSSR count). The molecule has 1 aliphatic heterocycles. The van der Waals surface area contributed by atoms with Gasteiger partial charge in [-0.25, -0.2) is 0 Å². The van der Waals surface area contributed by atoms with Crippen molar-refractivity contribution in [2.75, 3.05) is 26.7 Å². The molecule has 1 aliphatic rings. The van der Waals surface area contributed by atoms with E-state index >= 15 is 0 Å². The van der Waals surface area contributed by atoms with Crippen LogP contribution in [0.5, 0.6) is 5.75 Å². The number of aromatic nitrogens is 2. The molecule has 136 valence electrons. The zero-order chi connectivity index (χ0) is 17.3. The van der Waals surface area contributed by atoms with Gasteiger partial charge in [0.2, 0.25) is 0 Å². The van der Waals surface area contributed by atoms with Gasteiger partial charge in [0.05, 0.1) is 7.11 Å². The van der Waals surface area contributed by atoms with E-state index in [1.165, 1.54) is 63.7 Å². The van der Waals surface area contributed by atoms with Crippen LogP contribution in [0.2, 0.25) is 0 Å². The number of benzene rings is 1. The number of likely N-dealkylation sites (tertiary alicyclic amines) is 1. The first-order chi connectivity index (χ1) is 12.3. The summed E-state index contributed by atoms with van der Waals surface area (Å²) in [7, 11) is 1.72. The normalized spacial score (nSPS) is 16.2. The molecule has 1 fully saturated rings. The highest BCUT2D eigenvalue weighted by Crippen LogP contribution is 2.23. The minimum atomic E-state index is 0.837. The van der Waals surface area contributed by atoms with E-state index in [-0.39, 0.29) is 0 Å². The topological polar surface area (TPSA) is 30.3 Å². The third kappa shape index (κ3) is 5.89. The first-order valence-corrected chi connectivity index (χ1v) is 9.66. The highest BCUT2D eigenvalue weighted by atomic mass is 16.5. The van der Waals surface area contributed by atoms with Crippen molar-refractivity contribution in [3.63, 3.8) is 0 Å². The number of methoxy groups -OCH3 is 1. The van der Waals surface area contributed by atoms with Crippen LogP contribution in [0.4, 0.5) is 0 Å². The maximum atomic E-state index is 5.24. The molecular weight excluding hydrogens is 310 g/mol. The van der Waals surface area contributed by atoms with Gasteiger partial charge in [0.1, 0.15) is 5.75 Å². The van der Waals surface area contributed by atoms with Crippen LogP contribution in [0.3, 0.4) is 0 Å². The van der Waals surface area contributed by atoms with Gasteiger partial charge < -0.3 is 9.64 Å². The van der Waals surface area contributed by atoms with Crippen molar-refractivity contribution in [1.29, 1.82) is 0 Å². The van der Waals surface area contributed by atoms with Crippen LogP contribution in [-0.4, -0.2) is 41.4 Å². The fourth-order valence-electron chi connectivity index (χ4n) is 3.73. The second-order valence-corrected chi connectivity index (χ2v) is 7.17. The van der Waals surface area contributed by atoms with Crippen molar-refractivity contribution < 1.29 is 4.74 Å². The average molecular weight is 341 g/mol. The van der Waals surface area contributed by atoms with E-state index in [2.05, 4.69) is 34.3 Å². The lowest BCUT2D eigenvalue weighted by atomic mass is 9.90. The number of nitrogens with zero attached hydrogens (tertiary/aromatic N) is 3. The van der Waals surface area contributed by atoms with E-state index in [9.17, 15) is 0 Å². The smallest absolute Gasteiger partial charge is 0.118 e. The zero-order valence-electron chi connectivity index (χ0n) is 15.4. The largest absolute Gasteiger partial charge is 0.497 e. The first kappa shape index (κ1) is 18.0. The zero-order valence-corrected chi connectivity index (χ0v) is 15.4. The first-order valence-electron chi connectivity index (χ1n) is 9.66. The fourth-order valence-corrected chi connectivity index (χ4v) is 3.73. The van der Waals surface area contributed by atoms with Gasteiger partial charge in [0, 0.05) is 18.9 Å². The summed E-state index contributed by atoms with van der Waals surface area (Å²) in [6.07, 6.45) is 11.6. The van der Waals surface area contributed by atoms with Gasteiger partial charge >= 0.3 is 0 Å². The van der Waals surface area contributed by atoms with Crippen LogP contribution in [0.1, 0.15) is 37.7 Å². The summed E-state index contributed by atoms with van der Waals surface area (Å²) in [4.78, 5) is 2.65. The van der Waals surface area contributed by atoms with E-state index < -0.39 is 0 Å². The Kier molecular flexibility index (Phi) is 6.92. The Hall–Kier alpha value is -1.81. The minimum absolute atomic E-state index is 0.837. The highest BCUT2D eigenvalue weighted by Gasteiger charge is 2.19. The molecule has 4 nitrogen and oxygen atoms in total. The van der Waals surface area contributed by atoms with Crippen molar-refractivity contribution in [1.82, 2.24) is 14.7 Å². The lowest BCUT2D eigenvalue weighted by Crippen LogP contribution is -2.35. The lowest BCUT2D eigenvalue weighted by Gasteiger charge is -2.32. The van der Waals surface area contributed by atoms with Gasteiger partial charge in [0.15, 0.2) is 0 Å². The minimum Gasteiger partial charge on any atom is -0.497 e. The molecule has 1 saturated heterocycles. The maximum Gasteiger partial charge on any atom is 0.118 e. The molecule has 0 spiro atoms. The molecule has 2 aromatic rings. The molecule has 0 unspecified atom stereocenters.